The maximum Gasteiger partial charge on any atom is 0.414 e. The summed E-state index contributed by atoms with van der Waals surface area (Å²) in [6.45, 7) is 16.6. The third-order valence-electron chi connectivity index (χ3n) is 17.3. The molecule has 1 saturated heterocycles. The van der Waals surface area contributed by atoms with Crippen LogP contribution in [0.3, 0.4) is 0 Å². The molecule has 24 nitrogen and oxygen atoms in total. The number of likely N-dealkylation sites (N-methyl/N-ethyl adjacent to an activating group) is 1. The number of urea groups is 1. The quantitative estimate of drug-likeness (QED) is 0.0259. The van der Waals surface area contributed by atoms with Gasteiger partial charge in [-0.1, -0.05) is 123 Å². The van der Waals surface area contributed by atoms with E-state index in [0.717, 1.165) is 17.5 Å². The summed E-state index contributed by atoms with van der Waals surface area (Å²) in [6.07, 6.45) is 2.83. The molecular weight excluding hydrogens is 1180 g/mol. The van der Waals surface area contributed by atoms with E-state index >= 15 is 0 Å². The summed E-state index contributed by atoms with van der Waals surface area (Å²) in [7, 11) is 7.83. The highest BCUT2D eigenvalue weighted by molar-refractivity contribution is 5.98. The zero-order valence-electron chi connectivity index (χ0n) is 56.5. The fourth-order valence-electron chi connectivity index (χ4n) is 11.6. The summed E-state index contributed by atoms with van der Waals surface area (Å²) in [5.41, 5.74) is 14.7. The fourth-order valence-corrected chi connectivity index (χ4v) is 11.6. The Hall–Kier alpha value is -7.67. The molecule has 9 amide bonds. The molecule has 0 aliphatic carbocycles. The van der Waals surface area contributed by atoms with Crippen molar-refractivity contribution in [3.8, 4) is 0 Å². The molecule has 1 fully saturated rings. The number of ether oxygens (including phenoxy) is 4. The fraction of sp³-hybridized carbons (Fsp3) is 0.603. The van der Waals surface area contributed by atoms with Gasteiger partial charge in [0.05, 0.1) is 62.4 Å². The van der Waals surface area contributed by atoms with Gasteiger partial charge >= 0.3 is 18.1 Å². The number of hydrogen-bond donors (Lipinski definition) is 7. The average Bonchev–Trinajstić information content (AvgIpc) is 1.76. The largest absolute Gasteiger partial charge is 0.467 e. The van der Waals surface area contributed by atoms with Gasteiger partial charge in [-0.05, 0) is 104 Å². The van der Waals surface area contributed by atoms with Gasteiger partial charge in [-0.3, -0.25) is 38.6 Å². The predicted molar refractivity (Wildman–Crippen MR) is 354 cm³/mol. The van der Waals surface area contributed by atoms with Crippen LogP contribution in [-0.4, -0.2) is 185 Å². The van der Waals surface area contributed by atoms with Crippen molar-refractivity contribution in [3.05, 3.63) is 95.6 Å². The first-order valence-electron chi connectivity index (χ1n) is 32.3. The molecule has 9 N–H and O–H groups in total. The van der Waals surface area contributed by atoms with Crippen LogP contribution in [0.15, 0.2) is 78.9 Å². The van der Waals surface area contributed by atoms with E-state index in [2.05, 4.69) is 26.6 Å². The number of rotatable bonds is 38. The van der Waals surface area contributed by atoms with Crippen LogP contribution in [0.1, 0.15) is 123 Å². The Bertz CT molecular complexity index is 2830. The van der Waals surface area contributed by atoms with Crippen molar-refractivity contribution in [1.29, 1.82) is 0 Å². The van der Waals surface area contributed by atoms with Gasteiger partial charge in [-0.25, -0.2) is 14.4 Å². The van der Waals surface area contributed by atoms with Gasteiger partial charge in [-0.2, -0.15) is 0 Å². The SMILES string of the molecule is CCCCN(C(=O)CNC(=O)[C@H](C(C)C)N(C)CCc1ccc(N(C)C(=O)OCc2ccc(NC(=O)[C@H](CCCNC(N)=O)NC(=O)[C@@H](N)C(C)C)cc2)cc1)[C@@H]([C@@H](C)CC)[C@@H](CC(=O)N1CCC[C@H]1[C@H](OC)[C@@H](C)C(=O)N[C@@H](Cc1ccccc1)C(=O)OC)OC. The first-order valence-corrected chi connectivity index (χ1v) is 32.3. The van der Waals surface area contributed by atoms with Crippen LogP contribution in [0, 0.1) is 23.7 Å². The van der Waals surface area contributed by atoms with Gasteiger partial charge in [0.2, 0.25) is 35.4 Å². The van der Waals surface area contributed by atoms with Crippen molar-refractivity contribution in [2.75, 3.05) is 78.4 Å². The highest BCUT2D eigenvalue weighted by Crippen LogP contribution is 2.30. The molecule has 510 valence electrons. The highest BCUT2D eigenvalue weighted by Gasteiger charge is 2.43. The van der Waals surface area contributed by atoms with Gasteiger partial charge in [0.15, 0.2) is 0 Å². The predicted octanol–water partition coefficient (Wildman–Crippen LogP) is 5.92. The smallest absolute Gasteiger partial charge is 0.414 e. The van der Waals surface area contributed by atoms with Crippen LogP contribution in [-0.2, 0) is 72.0 Å². The van der Waals surface area contributed by atoms with Crippen LogP contribution in [0.4, 0.5) is 21.0 Å². The molecule has 0 bridgehead atoms. The highest BCUT2D eigenvalue weighted by atomic mass is 16.6. The Morgan fingerprint density at radius 2 is 1.37 bits per heavy atom. The van der Waals surface area contributed by atoms with Crippen LogP contribution in [0.2, 0.25) is 0 Å². The van der Waals surface area contributed by atoms with Gasteiger partial charge in [0.25, 0.3) is 0 Å². The molecule has 0 unspecified atom stereocenters. The molecule has 24 heteroatoms. The first-order chi connectivity index (χ1) is 43.8. The number of primary amides is 1. The first kappa shape index (κ1) is 76.8. The summed E-state index contributed by atoms with van der Waals surface area (Å²) in [4.78, 5) is 127. The third kappa shape index (κ3) is 23.5. The number of benzene rings is 3. The number of nitrogens with two attached hydrogens (primary N) is 2. The van der Waals surface area contributed by atoms with Crippen LogP contribution < -0.4 is 43.0 Å². The van der Waals surface area contributed by atoms with Crippen molar-refractivity contribution >= 4 is 64.9 Å². The monoisotopic (exact) mass is 1280 g/mol. The number of nitrogens with zero attached hydrogens (tertiary/aromatic N) is 4. The molecule has 3 aromatic carbocycles. The molecular formula is C68H105N11O13. The van der Waals surface area contributed by atoms with E-state index < -0.39 is 90.2 Å². The van der Waals surface area contributed by atoms with Gasteiger partial charge < -0.3 is 66.8 Å². The second kappa shape index (κ2) is 39.0. The van der Waals surface area contributed by atoms with E-state index in [-0.39, 0.29) is 74.4 Å². The van der Waals surface area contributed by atoms with Gasteiger partial charge in [0, 0.05) is 65.2 Å². The van der Waals surface area contributed by atoms with Crippen LogP contribution in [0.5, 0.6) is 0 Å². The normalized spacial score (nSPS) is 16.0. The zero-order valence-corrected chi connectivity index (χ0v) is 56.5. The van der Waals surface area contributed by atoms with E-state index in [4.69, 9.17) is 30.4 Å². The van der Waals surface area contributed by atoms with E-state index in [1.54, 1.807) is 69.0 Å². The number of anilines is 2. The molecule has 0 aromatic heterocycles. The molecule has 0 saturated carbocycles. The molecule has 1 heterocycles. The van der Waals surface area contributed by atoms with Crippen molar-refractivity contribution in [2.24, 2.45) is 35.1 Å². The number of unbranched alkanes of at least 4 members (excludes halogenated alkanes) is 1. The van der Waals surface area contributed by atoms with E-state index in [0.29, 0.717) is 75.1 Å². The second-order valence-electron chi connectivity index (χ2n) is 24.7. The molecule has 1 aliphatic heterocycles. The Morgan fingerprint density at radius 1 is 0.717 bits per heavy atom. The lowest BCUT2D eigenvalue weighted by atomic mass is 9.89. The van der Waals surface area contributed by atoms with Crippen molar-refractivity contribution in [2.45, 2.75) is 175 Å². The standard InChI is InChI=1S/C68H105N11O13/c1-14-16-36-79(60(45(7)15-2)55(89-11)40-56(80)78-37-21-25-54(78)61(90-12)46(8)62(82)75-53(66(86)91-13)39-48-22-18-17-19-23-48)57(81)41-72-65(85)59(44(5)6)76(9)38-34-47-28-32-51(33-29-47)77(10)68(88)92-42-49-26-30-50(31-27-49)73-63(83)52(24-20-35-71-67(70)87)74-64(84)58(69)43(3)4/h17-19,22-23,26-33,43-46,52-55,58-61H,14-16,20-21,24-25,34-42,69H2,1-13H3,(H,72,85)(H,73,83)(H,74,84)(H,75,82)(H3,70,71,87)/t45-,46+,52-,53-,54-,55+,58-,59-,60-,61+/m0/s1. The zero-order chi connectivity index (χ0) is 68.2. The van der Waals surface area contributed by atoms with Crippen LogP contribution >= 0.6 is 0 Å². The number of esters is 1. The minimum absolute atomic E-state index is 0.0381. The summed E-state index contributed by atoms with van der Waals surface area (Å²) < 4.78 is 22.8. The topological polar surface area (TPSA) is 316 Å². The number of methoxy groups -OCH3 is 3. The summed E-state index contributed by atoms with van der Waals surface area (Å²) in [5, 5.41) is 13.8. The molecule has 1 aliphatic rings. The summed E-state index contributed by atoms with van der Waals surface area (Å²) >= 11 is 0. The van der Waals surface area contributed by atoms with Crippen LogP contribution in [0.25, 0.3) is 0 Å². The number of nitrogens with one attached hydrogen (secondary N) is 5. The number of likely N-dealkylation sites (tertiary alicyclic amines) is 1. The Kier molecular flexibility index (Phi) is 32.6. The summed E-state index contributed by atoms with van der Waals surface area (Å²) in [6, 6.07) is 18.6. The minimum Gasteiger partial charge on any atom is -0.467 e. The Labute approximate surface area is 544 Å². The van der Waals surface area contributed by atoms with Gasteiger partial charge in [0.1, 0.15) is 18.7 Å². The Morgan fingerprint density at radius 3 is 1.96 bits per heavy atom. The molecule has 92 heavy (non-hydrogen) atoms. The number of hydrogen-bond acceptors (Lipinski definition) is 15. The third-order valence-corrected chi connectivity index (χ3v) is 17.3. The van der Waals surface area contributed by atoms with E-state index in [1.165, 1.54) is 19.1 Å². The van der Waals surface area contributed by atoms with E-state index in [9.17, 15) is 43.2 Å². The van der Waals surface area contributed by atoms with Crippen molar-refractivity contribution in [3.63, 3.8) is 0 Å². The lowest BCUT2D eigenvalue weighted by Gasteiger charge is -2.41. The average molecular weight is 1280 g/mol. The van der Waals surface area contributed by atoms with Crippen molar-refractivity contribution in [1.82, 2.24) is 36.0 Å². The summed E-state index contributed by atoms with van der Waals surface area (Å²) in [5.74, 6) is -3.80. The minimum atomic E-state index is -0.930. The lowest BCUT2D eigenvalue weighted by molar-refractivity contribution is -0.148. The maximum atomic E-state index is 14.6. The number of carbonyl (C=O) groups is 9. The maximum absolute atomic E-state index is 14.6. The molecule has 0 radical (unpaired) electrons. The second-order valence-corrected chi connectivity index (χ2v) is 24.7. The molecule has 0 spiro atoms. The number of amides is 9. The lowest BCUT2D eigenvalue weighted by Crippen LogP contribution is -2.57. The molecule has 4 rings (SSSR count). The van der Waals surface area contributed by atoms with Crippen molar-refractivity contribution < 1.29 is 62.1 Å². The number of carbonyl (C=O) groups excluding carboxylic acids is 9. The molecule has 10 atom stereocenters. The van der Waals surface area contributed by atoms with Gasteiger partial charge in [-0.15, -0.1) is 0 Å². The Balaban J connectivity index is 1.34. The molecule has 3 aromatic rings. The van der Waals surface area contributed by atoms with E-state index in [1.807, 2.05) is 101 Å².